The van der Waals surface area contributed by atoms with Crippen molar-refractivity contribution in [2.75, 3.05) is 32.8 Å². The minimum absolute atomic E-state index is 0.286. The second-order valence-corrected chi connectivity index (χ2v) is 5.57. The monoisotopic (exact) mass is 290 g/mol. The molecule has 2 rings (SSSR count). The molecule has 116 valence electrons. The van der Waals surface area contributed by atoms with Crippen LogP contribution in [0.2, 0.25) is 0 Å². The number of carbonyl (C=O) groups excluding carboxylic acids is 1. The number of hydrogen-bond donors (Lipinski definition) is 1. The number of piperazine rings is 1. The highest BCUT2D eigenvalue weighted by Gasteiger charge is 2.17. The summed E-state index contributed by atoms with van der Waals surface area (Å²) in [6.07, 6.45) is 1.53. The molecule has 0 bridgehead atoms. The van der Waals surface area contributed by atoms with Gasteiger partial charge >= 0.3 is 0 Å². The lowest BCUT2D eigenvalue weighted by Gasteiger charge is -2.27. The molecule has 1 heterocycles. The van der Waals surface area contributed by atoms with Gasteiger partial charge in [0, 0.05) is 32.6 Å². The van der Waals surface area contributed by atoms with Crippen LogP contribution in [-0.2, 0) is 4.79 Å². The topological polar surface area (TPSA) is 41.6 Å². The van der Waals surface area contributed by atoms with Gasteiger partial charge in [0.05, 0.1) is 6.61 Å². The Morgan fingerprint density at radius 3 is 2.57 bits per heavy atom. The van der Waals surface area contributed by atoms with E-state index in [1.54, 1.807) is 0 Å². The van der Waals surface area contributed by atoms with Gasteiger partial charge in [0.2, 0.25) is 5.91 Å². The molecule has 0 aromatic heterocycles. The summed E-state index contributed by atoms with van der Waals surface area (Å²) in [6.45, 7) is 8.37. The number of amides is 1. The summed E-state index contributed by atoms with van der Waals surface area (Å²) in [5, 5.41) is 3.27. The zero-order valence-electron chi connectivity index (χ0n) is 13.1. The lowest BCUT2D eigenvalue weighted by Crippen LogP contribution is -2.46. The molecule has 4 nitrogen and oxygen atoms in total. The zero-order chi connectivity index (χ0) is 15.1. The van der Waals surface area contributed by atoms with Crippen LogP contribution in [0.5, 0.6) is 5.75 Å². The average molecular weight is 290 g/mol. The molecule has 21 heavy (non-hydrogen) atoms. The Balaban J connectivity index is 1.80. The Bertz CT molecular complexity index is 439. The Hall–Kier alpha value is -1.55. The first-order chi connectivity index (χ1) is 10.2. The van der Waals surface area contributed by atoms with Gasteiger partial charge < -0.3 is 15.0 Å². The van der Waals surface area contributed by atoms with Gasteiger partial charge in [-0.3, -0.25) is 4.79 Å². The highest BCUT2D eigenvalue weighted by molar-refractivity contribution is 5.76. The number of nitrogens with one attached hydrogen (secondary N) is 1. The maximum absolute atomic E-state index is 12.2. The van der Waals surface area contributed by atoms with Crippen molar-refractivity contribution in [2.45, 2.75) is 32.6 Å². The molecule has 1 unspecified atom stereocenters. The Kier molecular flexibility index (Phi) is 6.05. The molecule has 0 radical (unpaired) electrons. The minimum atomic E-state index is 0.286. The van der Waals surface area contributed by atoms with Crippen LogP contribution in [0.1, 0.15) is 38.2 Å². The van der Waals surface area contributed by atoms with Crippen molar-refractivity contribution in [1.29, 1.82) is 0 Å². The molecule has 4 heteroatoms. The highest BCUT2D eigenvalue weighted by atomic mass is 16.5. The van der Waals surface area contributed by atoms with Crippen LogP contribution in [0, 0.1) is 0 Å². The number of rotatable bonds is 6. The Labute approximate surface area is 127 Å². The van der Waals surface area contributed by atoms with Gasteiger partial charge in [0.1, 0.15) is 5.75 Å². The van der Waals surface area contributed by atoms with E-state index >= 15 is 0 Å². The van der Waals surface area contributed by atoms with Gasteiger partial charge in [0.25, 0.3) is 0 Å². The SMILES string of the molecule is CCOc1ccc(C(C)CCC(=O)N2CCNCC2)cc1. The number of ether oxygens (including phenoxy) is 1. The second kappa shape index (κ2) is 8.03. The molecule has 1 aromatic rings. The fourth-order valence-electron chi connectivity index (χ4n) is 2.64. The first-order valence-corrected chi connectivity index (χ1v) is 7.92. The second-order valence-electron chi connectivity index (χ2n) is 5.57. The first-order valence-electron chi connectivity index (χ1n) is 7.92. The van der Waals surface area contributed by atoms with Crippen LogP contribution in [0.25, 0.3) is 0 Å². The van der Waals surface area contributed by atoms with Crippen molar-refractivity contribution in [3.63, 3.8) is 0 Å². The van der Waals surface area contributed by atoms with E-state index in [1.807, 2.05) is 24.0 Å². The Morgan fingerprint density at radius 1 is 1.29 bits per heavy atom. The molecule has 1 atom stereocenters. The smallest absolute Gasteiger partial charge is 0.222 e. The largest absolute Gasteiger partial charge is 0.494 e. The molecule has 1 amide bonds. The van der Waals surface area contributed by atoms with E-state index < -0.39 is 0 Å². The predicted molar refractivity (Wildman–Crippen MR) is 84.7 cm³/mol. The van der Waals surface area contributed by atoms with Crippen LogP contribution in [0.3, 0.4) is 0 Å². The molecule has 1 fully saturated rings. The molecule has 1 aromatic carbocycles. The molecule has 1 N–H and O–H groups in total. The van der Waals surface area contributed by atoms with Gasteiger partial charge in [-0.05, 0) is 37.0 Å². The van der Waals surface area contributed by atoms with Crippen LogP contribution < -0.4 is 10.1 Å². The third-order valence-corrected chi connectivity index (χ3v) is 4.02. The fourth-order valence-corrected chi connectivity index (χ4v) is 2.64. The summed E-state index contributed by atoms with van der Waals surface area (Å²) < 4.78 is 5.45. The molecule has 0 aliphatic carbocycles. The first kappa shape index (κ1) is 15.8. The van der Waals surface area contributed by atoms with Gasteiger partial charge in [-0.25, -0.2) is 0 Å². The summed E-state index contributed by atoms with van der Waals surface area (Å²) in [6, 6.07) is 8.22. The van der Waals surface area contributed by atoms with E-state index in [4.69, 9.17) is 4.74 Å². The zero-order valence-corrected chi connectivity index (χ0v) is 13.1. The molecular weight excluding hydrogens is 264 g/mol. The van der Waals surface area contributed by atoms with E-state index in [9.17, 15) is 4.79 Å². The third-order valence-electron chi connectivity index (χ3n) is 4.02. The maximum atomic E-state index is 12.2. The van der Waals surface area contributed by atoms with E-state index in [0.717, 1.165) is 38.3 Å². The molecular formula is C17H26N2O2. The van der Waals surface area contributed by atoms with Gasteiger partial charge in [-0.15, -0.1) is 0 Å². The molecule has 1 aliphatic rings. The van der Waals surface area contributed by atoms with E-state index in [2.05, 4.69) is 24.4 Å². The third kappa shape index (κ3) is 4.74. The average Bonchev–Trinajstić information content (AvgIpc) is 2.54. The summed E-state index contributed by atoms with van der Waals surface area (Å²) >= 11 is 0. The maximum Gasteiger partial charge on any atom is 0.222 e. The van der Waals surface area contributed by atoms with Crippen LogP contribution in [0.15, 0.2) is 24.3 Å². The number of carbonyl (C=O) groups is 1. The van der Waals surface area contributed by atoms with Crippen LogP contribution in [0.4, 0.5) is 0 Å². The van der Waals surface area contributed by atoms with Gasteiger partial charge in [-0.1, -0.05) is 19.1 Å². The number of benzene rings is 1. The van der Waals surface area contributed by atoms with Crippen molar-refractivity contribution in [2.24, 2.45) is 0 Å². The van der Waals surface area contributed by atoms with Crippen LogP contribution >= 0.6 is 0 Å². The summed E-state index contributed by atoms with van der Waals surface area (Å²) in [5.41, 5.74) is 1.27. The lowest BCUT2D eigenvalue weighted by atomic mass is 9.96. The quantitative estimate of drug-likeness (QED) is 0.874. The molecule has 0 saturated carbocycles. The van der Waals surface area contributed by atoms with Crippen molar-refractivity contribution < 1.29 is 9.53 Å². The van der Waals surface area contributed by atoms with Gasteiger partial charge in [-0.2, -0.15) is 0 Å². The summed E-state index contributed by atoms with van der Waals surface area (Å²) in [4.78, 5) is 14.1. The van der Waals surface area contributed by atoms with E-state index in [1.165, 1.54) is 5.56 Å². The minimum Gasteiger partial charge on any atom is -0.494 e. The van der Waals surface area contributed by atoms with Crippen LogP contribution in [-0.4, -0.2) is 43.6 Å². The van der Waals surface area contributed by atoms with Crippen molar-refractivity contribution in [3.05, 3.63) is 29.8 Å². The highest BCUT2D eigenvalue weighted by Crippen LogP contribution is 2.23. The number of nitrogens with zero attached hydrogens (tertiary/aromatic N) is 1. The Morgan fingerprint density at radius 2 is 1.95 bits per heavy atom. The van der Waals surface area contributed by atoms with E-state index in [0.29, 0.717) is 18.9 Å². The summed E-state index contributed by atoms with van der Waals surface area (Å²) in [7, 11) is 0. The normalized spacial score (nSPS) is 16.6. The summed E-state index contributed by atoms with van der Waals surface area (Å²) in [5.74, 6) is 1.59. The predicted octanol–water partition coefficient (Wildman–Crippen LogP) is 2.40. The molecule has 1 saturated heterocycles. The molecule has 1 aliphatic heterocycles. The lowest BCUT2D eigenvalue weighted by molar-refractivity contribution is -0.131. The fraction of sp³-hybridized carbons (Fsp3) is 0.588. The molecule has 0 spiro atoms. The standard InChI is InChI=1S/C17H26N2O2/c1-3-21-16-7-5-15(6-8-16)14(2)4-9-17(20)19-12-10-18-11-13-19/h5-8,14,18H,3-4,9-13H2,1-2H3. The van der Waals surface area contributed by atoms with Crippen molar-refractivity contribution in [3.8, 4) is 5.75 Å². The van der Waals surface area contributed by atoms with Crippen molar-refractivity contribution >= 4 is 5.91 Å². The van der Waals surface area contributed by atoms with Gasteiger partial charge in [0.15, 0.2) is 0 Å². The van der Waals surface area contributed by atoms with Crippen molar-refractivity contribution in [1.82, 2.24) is 10.2 Å². The number of hydrogen-bond acceptors (Lipinski definition) is 3. The van der Waals surface area contributed by atoms with E-state index in [-0.39, 0.29) is 5.91 Å².